The fourth-order valence-corrected chi connectivity index (χ4v) is 5.03. The number of allylic oxidation sites excluding steroid dienone is 2. The number of carboxylic acid groups (broad SMARTS) is 2. The molecule has 0 saturated heterocycles. The molecule has 7 heteroatoms. The lowest BCUT2D eigenvalue weighted by atomic mass is 9.88. The quantitative estimate of drug-likeness (QED) is 0.583. The molecule has 0 amide bonds. The molecule has 0 heterocycles. The molecule has 4 rings (SSSR count). The highest BCUT2D eigenvalue weighted by Gasteiger charge is 2.49. The Morgan fingerprint density at radius 2 is 1.16 bits per heavy atom. The van der Waals surface area contributed by atoms with E-state index < -0.39 is 35.7 Å². The maximum absolute atomic E-state index is 12.3. The van der Waals surface area contributed by atoms with Gasteiger partial charge in [-0.2, -0.15) is 0 Å². The van der Waals surface area contributed by atoms with Gasteiger partial charge in [0.05, 0.1) is 11.8 Å². The topological polar surface area (TPSA) is 118 Å². The Hall–Kier alpha value is -2.44. The fourth-order valence-electron chi connectivity index (χ4n) is 5.03. The van der Waals surface area contributed by atoms with Crippen molar-refractivity contribution in [3.8, 4) is 0 Å². The SMILES string of the molecule is O=C(O)C1=CC2CC1CC2C(=O)OC(=O)C1CC2CC1C=C2C(=O)O. The maximum atomic E-state index is 12.3. The van der Waals surface area contributed by atoms with Crippen molar-refractivity contribution in [2.75, 3.05) is 0 Å². The van der Waals surface area contributed by atoms with Gasteiger partial charge in [0.1, 0.15) is 0 Å². The normalized spacial score (nSPS) is 37.6. The molecular formula is C18H18O7. The third kappa shape index (κ3) is 2.49. The summed E-state index contributed by atoms with van der Waals surface area (Å²) in [7, 11) is 0. The fraction of sp³-hybridized carbons (Fsp3) is 0.556. The largest absolute Gasteiger partial charge is 0.478 e. The number of esters is 2. The molecule has 2 saturated carbocycles. The van der Waals surface area contributed by atoms with Gasteiger partial charge in [-0.25, -0.2) is 9.59 Å². The molecule has 0 aromatic rings. The summed E-state index contributed by atoms with van der Waals surface area (Å²) < 4.78 is 5.08. The monoisotopic (exact) mass is 346 g/mol. The van der Waals surface area contributed by atoms with Crippen molar-refractivity contribution in [2.45, 2.75) is 25.7 Å². The van der Waals surface area contributed by atoms with E-state index >= 15 is 0 Å². The first kappa shape index (κ1) is 16.1. The van der Waals surface area contributed by atoms with Crippen LogP contribution in [0.1, 0.15) is 25.7 Å². The van der Waals surface area contributed by atoms with Crippen molar-refractivity contribution in [1.29, 1.82) is 0 Å². The molecule has 4 bridgehead atoms. The van der Waals surface area contributed by atoms with Gasteiger partial charge in [0, 0.05) is 11.1 Å². The molecule has 0 aromatic carbocycles. The first-order chi connectivity index (χ1) is 11.8. The van der Waals surface area contributed by atoms with Gasteiger partial charge in [-0.1, -0.05) is 12.2 Å². The molecule has 25 heavy (non-hydrogen) atoms. The molecule has 0 spiro atoms. The van der Waals surface area contributed by atoms with Gasteiger partial charge in [0.2, 0.25) is 0 Å². The number of carbonyl (C=O) groups is 4. The molecule has 4 aliphatic carbocycles. The molecule has 6 atom stereocenters. The zero-order chi connectivity index (χ0) is 17.9. The van der Waals surface area contributed by atoms with Crippen LogP contribution >= 0.6 is 0 Å². The number of hydrogen-bond acceptors (Lipinski definition) is 5. The van der Waals surface area contributed by atoms with Crippen LogP contribution in [0.25, 0.3) is 0 Å². The lowest BCUT2D eigenvalue weighted by Gasteiger charge is -2.21. The number of aliphatic carboxylic acids is 2. The predicted octanol–water partition coefficient (Wildman–Crippen LogP) is 1.39. The van der Waals surface area contributed by atoms with Gasteiger partial charge in [-0.05, 0) is 49.4 Å². The Morgan fingerprint density at radius 3 is 1.44 bits per heavy atom. The smallest absolute Gasteiger partial charge is 0.331 e. The van der Waals surface area contributed by atoms with Crippen LogP contribution < -0.4 is 0 Å². The molecule has 0 radical (unpaired) electrons. The number of carbonyl (C=O) groups excluding carboxylic acids is 2. The Balaban J connectivity index is 1.38. The first-order valence-electron chi connectivity index (χ1n) is 8.50. The zero-order valence-corrected chi connectivity index (χ0v) is 13.4. The standard InChI is InChI=1S/C18H18O7/c19-15(20)11-3-9-1-7(11)5-13(9)17(23)25-18(24)14-6-8-2-10(14)4-12(8)16(21)22/h3-4,7-10,13-14H,1-2,5-6H2,(H,19,20)(H,21,22). The minimum Gasteiger partial charge on any atom is -0.478 e. The minimum absolute atomic E-state index is 0.140. The molecule has 2 fully saturated rings. The van der Waals surface area contributed by atoms with E-state index in [1.54, 1.807) is 12.2 Å². The van der Waals surface area contributed by atoms with Crippen molar-refractivity contribution in [1.82, 2.24) is 0 Å². The van der Waals surface area contributed by atoms with E-state index in [4.69, 9.17) is 14.9 Å². The van der Waals surface area contributed by atoms with Crippen LogP contribution in [0.2, 0.25) is 0 Å². The van der Waals surface area contributed by atoms with Crippen LogP contribution in [0.3, 0.4) is 0 Å². The summed E-state index contributed by atoms with van der Waals surface area (Å²) in [4.78, 5) is 46.8. The van der Waals surface area contributed by atoms with Crippen LogP contribution in [0.5, 0.6) is 0 Å². The van der Waals surface area contributed by atoms with Crippen molar-refractivity contribution >= 4 is 23.9 Å². The maximum Gasteiger partial charge on any atom is 0.331 e. The molecule has 0 aromatic heterocycles. The minimum atomic E-state index is -0.946. The summed E-state index contributed by atoms with van der Waals surface area (Å²) in [6.45, 7) is 0. The van der Waals surface area contributed by atoms with Crippen molar-refractivity contribution in [3.63, 3.8) is 0 Å². The lowest BCUT2D eigenvalue weighted by Crippen LogP contribution is -2.30. The Labute approximate surface area is 143 Å². The van der Waals surface area contributed by atoms with Gasteiger partial charge in [0.15, 0.2) is 0 Å². The van der Waals surface area contributed by atoms with Crippen LogP contribution in [0.15, 0.2) is 23.3 Å². The molecular weight excluding hydrogens is 328 g/mol. The molecule has 7 nitrogen and oxygen atoms in total. The highest BCUT2D eigenvalue weighted by molar-refractivity contribution is 5.93. The summed E-state index contributed by atoms with van der Waals surface area (Å²) >= 11 is 0. The van der Waals surface area contributed by atoms with Crippen LogP contribution in [0.4, 0.5) is 0 Å². The predicted molar refractivity (Wildman–Crippen MR) is 81.9 cm³/mol. The molecule has 0 aliphatic heterocycles. The average Bonchev–Trinajstić information content (AvgIpc) is 3.31. The summed E-state index contributed by atoms with van der Waals surface area (Å²) in [5, 5.41) is 18.2. The van der Waals surface area contributed by atoms with Gasteiger partial charge in [0.25, 0.3) is 0 Å². The number of carboxylic acids is 2. The Morgan fingerprint density at radius 1 is 0.760 bits per heavy atom. The summed E-state index contributed by atoms with van der Waals surface area (Å²) in [6, 6.07) is 0. The average molecular weight is 346 g/mol. The second-order valence-electron chi connectivity index (χ2n) is 7.47. The molecule has 6 unspecified atom stereocenters. The zero-order valence-electron chi connectivity index (χ0n) is 13.4. The Bertz CT molecular complexity index is 685. The van der Waals surface area contributed by atoms with E-state index in [9.17, 15) is 19.2 Å². The highest BCUT2D eigenvalue weighted by Crippen LogP contribution is 2.50. The second kappa shape index (κ2) is 5.54. The highest BCUT2D eigenvalue weighted by atomic mass is 16.6. The number of rotatable bonds is 4. The lowest BCUT2D eigenvalue weighted by molar-refractivity contribution is -0.167. The van der Waals surface area contributed by atoms with Crippen LogP contribution in [0, 0.1) is 35.5 Å². The molecule has 132 valence electrons. The van der Waals surface area contributed by atoms with E-state index in [0.717, 1.165) is 0 Å². The number of fused-ring (bicyclic) bond motifs is 4. The van der Waals surface area contributed by atoms with E-state index in [0.29, 0.717) is 36.8 Å². The van der Waals surface area contributed by atoms with Gasteiger partial charge in [-0.3, -0.25) is 9.59 Å². The Kier molecular flexibility index (Phi) is 3.56. The van der Waals surface area contributed by atoms with Gasteiger partial charge in [-0.15, -0.1) is 0 Å². The van der Waals surface area contributed by atoms with E-state index in [1.807, 2.05) is 0 Å². The summed E-state index contributed by atoms with van der Waals surface area (Å²) in [6.07, 6.45) is 5.30. The molecule has 4 aliphatic rings. The summed E-state index contributed by atoms with van der Waals surface area (Å²) in [5.41, 5.74) is 0.722. The number of hydrogen-bond donors (Lipinski definition) is 2. The third-order valence-electron chi connectivity index (χ3n) is 6.19. The van der Waals surface area contributed by atoms with E-state index in [2.05, 4.69) is 0 Å². The van der Waals surface area contributed by atoms with Crippen molar-refractivity contribution in [3.05, 3.63) is 23.3 Å². The number of ether oxygens (including phenoxy) is 1. The van der Waals surface area contributed by atoms with Crippen LogP contribution in [-0.4, -0.2) is 34.1 Å². The van der Waals surface area contributed by atoms with E-state index in [-0.39, 0.29) is 23.7 Å². The summed E-state index contributed by atoms with van der Waals surface area (Å²) in [5.74, 6) is -4.59. The third-order valence-corrected chi connectivity index (χ3v) is 6.19. The van der Waals surface area contributed by atoms with Crippen molar-refractivity contribution < 1.29 is 34.1 Å². The first-order valence-corrected chi connectivity index (χ1v) is 8.50. The van der Waals surface area contributed by atoms with E-state index in [1.165, 1.54) is 0 Å². The second-order valence-corrected chi connectivity index (χ2v) is 7.47. The van der Waals surface area contributed by atoms with Gasteiger partial charge < -0.3 is 14.9 Å². The van der Waals surface area contributed by atoms with Crippen molar-refractivity contribution in [2.24, 2.45) is 35.5 Å². The molecule has 2 N–H and O–H groups in total. The van der Waals surface area contributed by atoms with Crippen LogP contribution in [-0.2, 0) is 23.9 Å². The van der Waals surface area contributed by atoms with Gasteiger partial charge >= 0.3 is 23.9 Å².